The number of anilines is 1. The lowest BCUT2D eigenvalue weighted by Crippen LogP contribution is -2.20. The minimum Gasteiger partial charge on any atom is -0.399 e. The van der Waals surface area contributed by atoms with Crippen molar-refractivity contribution < 1.29 is 4.79 Å². The molecule has 14 heavy (non-hydrogen) atoms. The molecule has 0 bridgehead atoms. The van der Waals surface area contributed by atoms with E-state index in [-0.39, 0.29) is 5.91 Å². The van der Waals surface area contributed by atoms with Crippen molar-refractivity contribution in [3.05, 3.63) is 42.0 Å². The molecule has 3 nitrogen and oxygen atoms in total. The molecule has 0 aromatic heterocycles. The molecule has 0 aliphatic rings. The van der Waals surface area contributed by atoms with Gasteiger partial charge in [-0.2, -0.15) is 0 Å². The first-order valence-electron chi connectivity index (χ1n) is 4.47. The third-order valence-corrected chi connectivity index (χ3v) is 1.74. The van der Waals surface area contributed by atoms with Crippen LogP contribution < -0.4 is 11.1 Å². The molecule has 1 rings (SSSR count). The van der Waals surface area contributed by atoms with Crippen LogP contribution in [0.5, 0.6) is 0 Å². The van der Waals surface area contributed by atoms with Crippen molar-refractivity contribution in [2.75, 3.05) is 5.73 Å². The maximum Gasteiger partial charge on any atom is 0.243 e. The number of allylic oxidation sites excluding steroid dienone is 1. The van der Waals surface area contributed by atoms with Crippen LogP contribution >= 0.6 is 0 Å². The summed E-state index contributed by atoms with van der Waals surface area (Å²) in [4.78, 5) is 11.1. The second kappa shape index (κ2) is 5.07. The summed E-state index contributed by atoms with van der Waals surface area (Å²) in [6, 6.07) is 7.45. The van der Waals surface area contributed by atoms with Gasteiger partial charge in [0.2, 0.25) is 5.91 Å². The first-order chi connectivity index (χ1) is 6.72. The average molecular weight is 190 g/mol. The Balaban J connectivity index is 2.49. The van der Waals surface area contributed by atoms with Gasteiger partial charge in [-0.15, -0.1) is 0 Å². The summed E-state index contributed by atoms with van der Waals surface area (Å²) in [7, 11) is 0. The normalized spacial score (nSPS) is 10.4. The van der Waals surface area contributed by atoms with Crippen molar-refractivity contribution >= 4 is 11.6 Å². The molecule has 74 valence electrons. The first-order valence-corrected chi connectivity index (χ1v) is 4.47. The molecular formula is C11H14N2O. The molecule has 0 aliphatic carbocycles. The van der Waals surface area contributed by atoms with Crippen LogP contribution in [-0.2, 0) is 11.3 Å². The van der Waals surface area contributed by atoms with Gasteiger partial charge in [-0.25, -0.2) is 0 Å². The van der Waals surface area contributed by atoms with E-state index in [1.165, 1.54) is 6.08 Å². The largest absolute Gasteiger partial charge is 0.399 e. The fourth-order valence-corrected chi connectivity index (χ4v) is 1.10. The minimum absolute atomic E-state index is 0.0880. The molecule has 3 N–H and O–H groups in total. The molecule has 0 spiro atoms. The van der Waals surface area contributed by atoms with E-state index in [9.17, 15) is 4.79 Å². The van der Waals surface area contributed by atoms with Gasteiger partial charge < -0.3 is 11.1 Å². The molecule has 0 atom stereocenters. The third-order valence-electron chi connectivity index (χ3n) is 1.74. The van der Waals surface area contributed by atoms with Gasteiger partial charge in [0.25, 0.3) is 0 Å². The van der Waals surface area contributed by atoms with Crippen molar-refractivity contribution in [2.45, 2.75) is 13.5 Å². The Morgan fingerprint density at radius 3 is 3.00 bits per heavy atom. The predicted molar refractivity (Wildman–Crippen MR) is 57.5 cm³/mol. The van der Waals surface area contributed by atoms with E-state index >= 15 is 0 Å². The SMILES string of the molecule is C/C=C/C(=O)NCc1cccc(N)c1. The van der Waals surface area contributed by atoms with Crippen LogP contribution in [-0.4, -0.2) is 5.91 Å². The van der Waals surface area contributed by atoms with Crippen LogP contribution in [0.4, 0.5) is 5.69 Å². The van der Waals surface area contributed by atoms with Crippen LogP contribution in [0.1, 0.15) is 12.5 Å². The van der Waals surface area contributed by atoms with Gasteiger partial charge in [0.1, 0.15) is 0 Å². The third kappa shape index (κ3) is 3.31. The Hall–Kier alpha value is -1.77. The number of rotatable bonds is 3. The number of hydrogen-bond donors (Lipinski definition) is 2. The fourth-order valence-electron chi connectivity index (χ4n) is 1.10. The monoisotopic (exact) mass is 190 g/mol. The average Bonchev–Trinajstić information content (AvgIpc) is 2.15. The number of nitrogens with one attached hydrogen (secondary N) is 1. The fraction of sp³-hybridized carbons (Fsp3) is 0.182. The quantitative estimate of drug-likeness (QED) is 0.560. The summed E-state index contributed by atoms with van der Waals surface area (Å²) in [5, 5.41) is 2.75. The number of amides is 1. The molecule has 0 aliphatic heterocycles. The van der Waals surface area contributed by atoms with Crippen molar-refractivity contribution in [3.8, 4) is 0 Å². The van der Waals surface area contributed by atoms with E-state index in [1.807, 2.05) is 24.3 Å². The topological polar surface area (TPSA) is 55.1 Å². The zero-order chi connectivity index (χ0) is 10.4. The summed E-state index contributed by atoms with van der Waals surface area (Å²) >= 11 is 0. The van der Waals surface area contributed by atoms with Crippen molar-refractivity contribution in [2.24, 2.45) is 0 Å². The van der Waals surface area contributed by atoms with Crippen molar-refractivity contribution in [3.63, 3.8) is 0 Å². The van der Waals surface area contributed by atoms with Crippen molar-refractivity contribution in [1.82, 2.24) is 5.32 Å². The summed E-state index contributed by atoms with van der Waals surface area (Å²) in [6.45, 7) is 2.31. The van der Waals surface area contributed by atoms with E-state index in [0.29, 0.717) is 12.2 Å². The Bertz CT molecular complexity index is 345. The highest BCUT2D eigenvalue weighted by Gasteiger charge is 1.95. The number of carbonyl (C=O) groups excluding carboxylic acids is 1. The van der Waals surface area contributed by atoms with Gasteiger partial charge in [0, 0.05) is 12.2 Å². The lowest BCUT2D eigenvalue weighted by atomic mass is 10.2. The van der Waals surface area contributed by atoms with E-state index < -0.39 is 0 Å². The number of hydrogen-bond acceptors (Lipinski definition) is 2. The summed E-state index contributed by atoms with van der Waals surface area (Å²) in [6.07, 6.45) is 3.20. The molecule has 0 saturated carbocycles. The predicted octanol–water partition coefficient (Wildman–Crippen LogP) is 1.46. The minimum atomic E-state index is -0.0880. The van der Waals surface area contributed by atoms with E-state index in [2.05, 4.69) is 5.32 Å². The van der Waals surface area contributed by atoms with Gasteiger partial charge >= 0.3 is 0 Å². The van der Waals surface area contributed by atoms with Crippen LogP contribution in [0.2, 0.25) is 0 Å². The number of nitrogens with two attached hydrogens (primary N) is 1. The van der Waals surface area contributed by atoms with E-state index in [0.717, 1.165) is 5.56 Å². The molecule has 1 aromatic carbocycles. The zero-order valence-corrected chi connectivity index (χ0v) is 8.16. The van der Waals surface area contributed by atoms with Gasteiger partial charge in [-0.3, -0.25) is 4.79 Å². The summed E-state index contributed by atoms with van der Waals surface area (Å²) < 4.78 is 0. The van der Waals surface area contributed by atoms with Gasteiger partial charge in [0.15, 0.2) is 0 Å². The Morgan fingerprint density at radius 2 is 2.36 bits per heavy atom. The highest BCUT2D eigenvalue weighted by Crippen LogP contribution is 2.05. The number of nitrogen functional groups attached to an aromatic ring is 1. The maximum absolute atomic E-state index is 11.1. The maximum atomic E-state index is 11.1. The molecular weight excluding hydrogens is 176 g/mol. The smallest absolute Gasteiger partial charge is 0.243 e. The summed E-state index contributed by atoms with van der Waals surface area (Å²) in [5.74, 6) is -0.0880. The van der Waals surface area contributed by atoms with Crippen LogP contribution in [0.3, 0.4) is 0 Å². The highest BCUT2D eigenvalue weighted by molar-refractivity contribution is 5.87. The van der Waals surface area contributed by atoms with E-state index in [1.54, 1.807) is 13.0 Å². The number of carbonyl (C=O) groups is 1. The molecule has 0 unspecified atom stereocenters. The van der Waals surface area contributed by atoms with Crippen LogP contribution in [0.15, 0.2) is 36.4 Å². The molecule has 1 amide bonds. The molecule has 0 saturated heterocycles. The summed E-state index contributed by atoms with van der Waals surface area (Å²) in [5.41, 5.74) is 7.31. The molecule has 3 heteroatoms. The van der Waals surface area contributed by atoms with Crippen LogP contribution in [0.25, 0.3) is 0 Å². The Morgan fingerprint density at radius 1 is 1.57 bits per heavy atom. The zero-order valence-electron chi connectivity index (χ0n) is 8.16. The van der Waals surface area contributed by atoms with Gasteiger partial charge in [0.05, 0.1) is 0 Å². The van der Waals surface area contributed by atoms with Crippen molar-refractivity contribution in [1.29, 1.82) is 0 Å². The Kier molecular flexibility index (Phi) is 3.73. The second-order valence-electron chi connectivity index (χ2n) is 2.96. The highest BCUT2D eigenvalue weighted by atomic mass is 16.1. The molecule has 0 heterocycles. The van der Waals surface area contributed by atoms with Gasteiger partial charge in [-0.1, -0.05) is 18.2 Å². The first kappa shape index (κ1) is 10.3. The van der Waals surface area contributed by atoms with Gasteiger partial charge in [-0.05, 0) is 30.7 Å². The standard InChI is InChI=1S/C11H14N2O/c1-2-4-11(14)13-8-9-5-3-6-10(12)7-9/h2-7H,8,12H2,1H3,(H,13,14)/b4-2+. The lowest BCUT2D eigenvalue weighted by Gasteiger charge is -2.02. The molecule has 0 fully saturated rings. The molecule has 0 radical (unpaired) electrons. The molecule has 1 aromatic rings. The number of benzene rings is 1. The van der Waals surface area contributed by atoms with Crippen LogP contribution in [0, 0.1) is 0 Å². The Labute approximate surface area is 83.6 Å². The lowest BCUT2D eigenvalue weighted by molar-refractivity contribution is -0.116. The second-order valence-corrected chi connectivity index (χ2v) is 2.96. The van der Waals surface area contributed by atoms with E-state index in [4.69, 9.17) is 5.73 Å².